The molecule has 1 N–H and O–H groups in total. The number of hydrogen-bond acceptors (Lipinski definition) is 4. The van der Waals surface area contributed by atoms with E-state index in [0.717, 1.165) is 21.0 Å². The van der Waals surface area contributed by atoms with Crippen LogP contribution < -0.4 is 5.32 Å². The number of nitrogens with one attached hydrogen (secondary N) is 1. The number of rotatable bonds is 5. The molecule has 0 unspecified atom stereocenters. The van der Waals surface area contributed by atoms with Crippen LogP contribution in [-0.4, -0.2) is 30.6 Å². The molecule has 1 aliphatic heterocycles. The van der Waals surface area contributed by atoms with E-state index in [1.165, 1.54) is 12.1 Å². The highest BCUT2D eigenvalue weighted by atomic mass is 35.5. The highest BCUT2D eigenvalue weighted by molar-refractivity contribution is 7.89. The van der Waals surface area contributed by atoms with Gasteiger partial charge in [0.05, 0.1) is 4.90 Å². The fourth-order valence-electron chi connectivity index (χ4n) is 3.10. The summed E-state index contributed by atoms with van der Waals surface area (Å²) in [7, 11) is -4.10. The van der Waals surface area contributed by atoms with Crippen LogP contribution in [0, 0.1) is 13.8 Å². The van der Waals surface area contributed by atoms with Crippen molar-refractivity contribution in [2.24, 2.45) is 0 Å². The van der Waals surface area contributed by atoms with Crippen molar-refractivity contribution in [1.82, 2.24) is 9.62 Å². The first-order valence-electron chi connectivity index (χ1n) is 8.87. The average Bonchev–Trinajstić information content (AvgIpc) is 3.05. The van der Waals surface area contributed by atoms with E-state index in [9.17, 15) is 18.0 Å². The minimum Gasteiger partial charge on any atom is -0.350 e. The molecule has 1 atom stereocenters. The van der Waals surface area contributed by atoms with Crippen LogP contribution in [0.1, 0.15) is 29.5 Å². The van der Waals surface area contributed by atoms with Crippen molar-refractivity contribution in [3.63, 3.8) is 0 Å². The molecule has 0 aliphatic carbocycles. The lowest BCUT2D eigenvalue weighted by molar-refractivity contribution is -0.130. The molecule has 1 heterocycles. The summed E-state index contributed by atoms with van der Waals surface area (Å²) >= 11 is 5.84. The van der Waals surface area contributed by atoms with Crippen LogP contribution in [0.15, 0.2) is 47.4 Å². The van der Waals surface area contributed by atoms with Gasteiger partial charge in [-0.15, -0.1) is 0 Å². The van der Waals surface area contributed by atoms with Crippen LogP contribution in [-0.2, 0) is 26.2 Å². The SMILES string of the molecule is Cc1ccc(S(=O)(=O)N2C(=O)CC[C@H]2C(=O)NCc2ccc(Cl)cc2)cc1C. The highest BCUT2D eigenvalue weighted by Crippen LogP contribution is 2.28. The van der Waals surface area contributed by atoms with Gasteiger partial charge in [-0.25, -0.2) is 12.7 Å². The molecule has 0 saturated carbocycles. The van der Waals surface area contributed by atoms with Gasteiger partial charge in [0.1, 0.15) is 6.04 Å². The van der Waals surface area contributed by atoms with E-state index in [0.29, 0.717) is 5.02 Å². The van der Waals surface area contributed by atoms with Gasteiger partial charge in [-0.3, -0.25) is 9.59 Å². The Labute approximate surface area is 169 Å². The number of sulfonamides is 1. The van der Waals surface area contributed by atoms with Gasteiger partial charge in [0.15, 0.2) is 0 Å². The molecule has 2 aromatic rings. The topological polar surface area (TPSA) is 83.6 Å². The van der Waals surface area contributed by atoms with Crippen LogP contribution in [0.2, 0.25) is 5.02 Å². The van der Waals surface area contributed by atoms with Crippen molar-refractivity contribution in [2.45, 2.75) is 44.2 Å². The lowest BCUT2D eigenvalue weighted by Gasteiger charge is -2.24. The Hall–Kier alpha value is -2.38. The second-order valence-corrected chi connectivity index (χ2v) is 9.09. The summed E-state index contributed by atoms with van der Waals surface area (Å²) in [5.41, 5.74) is 2.58. The van der Waals surface area contributed by atoms with E-state index in [-0.39, 0.29) is 24.3 Å². The summed E-state index contributed by atoms with van der Waals surface area (Å²) in [6, 6.07) is 10.6. The minimum atomic E-state index is -4.10. The maximum absolute atomic E-state index is 13.0. The Morgan fingerprint density at radius 3 is 2.46 bits per heavy atom. The first-order chi connectivity index (χ1) is 13.2. The zero-order chi connectivity index (χ0) is 20.5. The van der Waals surface area contributed by atoms with Gasteiger partial charge in [-0.1, -0.05) is 29.8 Å². The summed E-state index contributed by atoms with van der Waals surface area (Å²) in [4.78, 5) is 25.0. The number of nitrogens with zero attached hydrogens (tertiary/aromatic N) is 1. The molecular formula is C20H21ClN2O4S. The van der Waals surface area contributed by atoms with Gasteiger partial charge in [-0.05, 0) is 61.2 Å². The fraction of sp³-hybridized carbons (Fsp3) is 0.300. The zero-order valence-corrected chi connectivity index (χ0v) is 17.2. The van der Waals surface area contributed by atoms with E-state index in [1.807, 2.05) is 6.92 Å². The molecule has 0 aromatic heterocycles. The first kappa shape index (κ1) is 20.4. The molecule has 0 radical (unpaired) electrons. The fourth-order valence-corrected chi connectivity index (χ4v) is 4.91. The van der Waals surface area contributed by atoms with Gasteiger partial charge < -0.3 is 5.32 Å². The maximum atomic E-state index is 13.0. The third kappa shape index (κ3) is 4.05. The Morgan fingerprint density at radius 1 is 1.14 bits per heavy atom. The average molecular weight is 421 g/mol. The minimum absolute atomic E-state index is 0.0151. The first-order valence-corrected chi connectivity index (χ1v) is 10.7. The molecule has 8 heteroatoms. The Bertz CT molecular complexity index is 1020. The van der Waals surface area contributed by atoms with Crippen molar-refractivity contribution in [3.8, 4) is 0 Å². The van der Waals surface area contributed by atoms with Gasteiger partial charge >= 0.3 is 0 Å². The molecule has 0 bridgehead atoms. The number of benzene rings is 2. The van der Waals surface area contributed by atoms with E-state index in [4.69, 9.17) is 11.6 Å². The molecular weight excluding hydrogens is 400 g/mol. The molecule has 28 heavy (non-hydrogen) atoms. The van der Waals surface area contributed by atoms with Gasteiger partial charge in [-0.2, -0.15) is 0 Å². The second kappa shape index (κ2) is 7.93. The number of carbonyl (C=O) groups excluding carboxylic acids is 2. The molecule has 2 aromatic carbocycles. The maximum Gasteiger partial charge on any atom is 0.267 e. The number of aryl methyl sites for hydroxylation is 2. The van der Waals surface area contributed by atoms with Crippen molar-refractivity contribution in [3.05, 3.63) is 64.2 Å². The third-order valence-electron chi connectivity index (χ3n) is 4.88. The van der Waals surface area contributed by atoms with Crippen LogP contribution in [0.4, 0.5) is 0 Å². The van der Waals surface area contributed by atoms with Gasteiger partial charge in [0.2, 0.25) is 11.8 Å². The van der Waals surface area contributed by atoms with Crippen molar-refractivity contribution in [1.29, 1.82) is 0 Å². The summed E-state index contributed by atoms with van der Waals surface area (Å²) < 4.78 is 26.8. The molecule has 1 saturated heterocycles. The van der Waals surface area contributed by atoms with Crippen molar-refractivity contribution in [2.75, 3.05) is 0 Å². The predicted molar refractivity (Wildman–Crippen MR) is 106 cm³/mol. The molecule has 1 fully saturated rings. The molecule has 2 amide bonds. The standard InChI is InChI=1S/C20H21ClN2O4S/c1-13-3-8-17(11-14(13)2)28(26,27)23-18(9-10-19(23)24)20(25)22-12-15-4-6-16(21)7-5-15/h3-8,11,18H,9-10,12H2,1-2H3,(H,22,25)/t18-/m0/s1. The molecule has 6 nitrogen and oxygen atoms in total. The van der Waals surface area contributed by atoms with Crippen LogP contribution in [0.5, 0.6) is 0 Å². The largest absolute Gasteiger partial charge is 0.350 e. The van der Waals surface area contributed by atoms with E-state index < -0.39 is 27.9 Å². The number of amides is 2. The molecule has 0 spiro atoms. The van der Waals surface area contributed by atoms with Crippen LogP contribution >= 0.6 is 11.6 Å². The van der Waals surface area contributed by atoms with Crippen LogP contribution in [0.3, 0.4) is 0 Å². The summed E-state index contributed by atoms with van der Waals surface area (Å²) in [6.45, 7) is 3.90. The summed E-state index contributed by atoms with van der Waals surface area (Å²) in [5, 5.41) is 3.30. The summed E-state index contributed by atoms with van der Waals surface area (Å²) in [5.74, 6) is -1.06. The van der Waals surface area contributed by atoms with Crippen LogP contribution in [0.25, 0.3) is 0 Å². The Balaban J connectivity index is 1.80. The molecule has 3 rings (SSSR count). The quantitative estimate of drug-likeness (QED) is 0.806. The van der Waals surface area contributed by atoms with Gasteiger partial charge in [0.25, 0.3) is 10.0 Å². The highest BCUT2D eigenvalue weighted by Gasteiger charge is 2.44. The number of carbonyl (C=O) groups is 2. The number of halogens is 1. The van der Waals surface area contributed by atoms with E-state index >= 15 is 0 Å². The lowest BCUT2D eigenvalue weighted by atomic mass is 10.1. The van der Waals surface area contributed by atoms with Crippen molar-refractivity contribution < 1.29 is 18.0 Å². The summed E-state index contributed by atoms with van der Waals surface area (Å²) in [6.07, 6.45) is 0.179. The Morgan fingerprint density at radius 2 is 1.82 bits per heavy atom. The third-order valence-corrected chi connectivity index (χ3v) is 6.96. The van der Waals surface area contributed by atoms with E-state index in [2.05, 4.69) is 5.32 Å². The smallest absolute Gasteiger partial charge is 0.267 e. The molecule has 148 valence electrons. The van der Waals surface area contributed by atoms with Gasteiger partial charge in [0, 0.05) is 18.0 Å². The lowest BCUT2D eigenvalue weighted by Crippen LogP contribution is -2.47. The predicted octanol–water partition coefficient (Wildman–Crippen LogP) is 2.95. The van der Waals surface area contributed by atoms with E-state index in [1.54, 1.807) is 37.3 Å². The monoisotopic (exact) mass is 420 g/mol. The number of hydrogen-bond donors (Lipinski definition) is 1. The normalized spacial score (nSPS) is 17.0. The second-order valence-electron chi connectivity index (χ2n) is 6.84. The Kier molecular flexibility index (Phi) is 5.76. The van der Waals surface area contributed by atoms with Crippen molar-refractivity contribution >= 4 is 33.4 Å². The zero-order valence-electron chi connectivity index (χ0n) is 15.6. The molecule has 1 aliphatic rings.